The van der Waals surface area contributed by atoms with E-state index in [9.17, 15) is 0 Å². The van der Waals surface area contributed by atoms with E-state index in [-0.39, 0.29) is 0 Å². The lowest BCUT2D eigenvalue weighted by Gasteiger charge is -2.13. The van der Waals surface area contributed by atoms with Gasteiger partial charge in [-0.15, -0.1) is 0 Å². The number of nitrogens with one attached hydrogen (secondary N) is 1. The fourth-order valence-electron chi connectivity index (χ4n) is 1.50. The predicted octanol–water partition coefficient (Wildman–Crippen LogP) is 1.06. The van der Waals surface area contributed by atoms with Gasteiger partial charge in [-0.2, -0.15) is 5.10 Å². The summed E-state index contributed by atoms with van der Waals surface area (Å²) in [4.78, 5) is 4.25. The highest BCUT2D eigenvalue weighted by Gasteiger charge is 2.07. The number of rotatable bonds is 7. The Morgan fingerprint density at radius 2 is 2.19 bits per heavy atom. The van der Waals surface area contributed by atoms with Crippen LogP contribution in [0.3, 0.4) is 0 Å². The molecule has 0 fully saturated rings. The fourth-order valence-corrected chi connectivity index (χ4v) is 1.50. The van der Waals surface area contributed by atoms with E-state index < -0.39 is 0 Å². The first-order valence-corrected chi connectivity index (χ1v) is 5.72. The van der Waals surface area contributed by atoms with Gasteiger partial charge >= 0.3 is 0 Å². The molecule has 1 N–H and O–H groups in total. The van der Waals surface area contributed by atoms with Gasteiger partial charge < -0.3 is 10.1 Å². The van der Waals surface area contributed by atoms with Gasteiger partial charge in [-0.3, -0.25) is 0 Å². The van der Waals surface area contributed by atoms with Gasteiger partial charge in [0.15, 0.2) is 0 Å². The molecule has 5 nitrogen and oxygen atoms in total. The highest BCUT2D eigenvalue weighted by Crippen LogP contribution is 2.01. The van der Waals surface area contributed by atoms with E-state index in [0.717, 1.165) is 18.9 Å². The largest absolute Gasteiger partial charge is 0.383 e. The lowest BCUT2D eigenvalue weighted by Crippen LogP contribution is -2.31. The summed E-state index contributed by atoms with van der Waals surface area (Å²) < 4.78 is 7.02. The van der Waals surface area contributed by atoms with Crippen molar-refractivity contribution in [2.75, 3.05) is 13.7 Å². The third kappa shape index (κ3) is 4.28. The zero-order valence-corrected chi connectivity index (χ0v) is 10.6. The lowest BCUT2D eigenvalue weighted by atomic mass is 10.2. The van der Waals surface area contributed by atoms with Crippen LogP contribution in [0.2, 0.25) is 0 Å². The van der Waals surface area contributed by atoms with E-state index in [2.05, 4.69) is 36.2 Å². The summed E-state index contributed by atoms with van der Waals surface area (Å²) in [7, 11) is 1.71. The van der Waals surface area contributed by atoms with Gasteiger partial charge in [0, 0.05) is 19.7 Å². The van der Waals surface area contributed by atoms with Crippen LogP contribution in [0.1, 0.15) is 26.6 Å². The molecular formula is C11H22N4O. The quantitative estimate of drug-likeness (QED) is 0.755. The third-order valence-electron chi connectivity index (χ3n) is 2.26. The van der Waals surface area contributed by atoms with Crippen molar-refractivity contribution in [2.45, 2.75) is 39.9 Å². The maximum atomic E-state index is 5.06. The Hall–Kier alpha value is -0.940. The molecule has 0 aliphatic heterocycles. The average molecular weight is 226 g/mol. The summed E-state index contributed by atoms with van der Waals surface area (Å²) in [5.41, 5.74) is 0. The molecule has 0 bridgehead atoms. The van der Waals surface area contributed by atoms with Crippen molar-refractivity contribution in [1.82, 2.24) is 20.1 Å². The van der Waals surface area contributed by atoms with Crippen LogP contribution >= 0.6 is 0 Å². The number of hydrogen-bond donors (Lipinski definition) is 1. The molecule has 0 aliphatic carbocycles. The summed E-state index contributed by atoms with van der Waals surface area (Å²) in [6.07, 6.45) is 1.61. The molecule has 1 heterocycles. The zero-order chi connectivity index (χ0) is 12.0. The van der Waals surface area contributed by atoms with E-state index >= 15 is 0 Å². The van der Waals surface area contributed by atoms with Gasteiger partial charge in [-0.1, -0.05) is 13.8 Å². The van der Waals surface area contributed by atoms with Crippen molar-refractivity contribution in [1.29, 1.82) is 0 Å². The monoisotopic (exact) mass is 226 g/mol. The lowest BCUT2D eigenvalue weighted by molar-refractivity contribution is 0.171. The Bertz CT molecular complexity index is 298. The second-order valence-corrected chi connectivity index (χ2v) is 4.49. The number of aromatic nitrogens is 3. The summed E-state index contributed by atoms with van der Waals surface area (Å²) in [5, 5.41) is 7.57. The van der Waals surface area contributed by atoms with E-state index in [0.29, 0.717) is 18.6 Å². The first-order chi connectivity index (χ1) is 7.63. The molecule has 92 valence electrons. The van der Waals surface area contributed by atoms with Crippen LogP contribution in [0.25, 0.3) is 0 Å². The molecule has 0 spiro atoms. The smallest absolute Gasteiger partial charge is 0.140 e. The molecular weight excluding hydrogens is 204 g/mol. The Morgan fingerprint density at radius 3 is 2.81 bits per heavy atom. The van der Waals surface area contributed by atoms with Crippen LogP contribution < -0.4 is 5.32 Å². The molecule has 0 aromatic carbocycles. The summed E-state index contributed by atoms with van der Waals surface area (Å²) in [6.45, 7) is 8.79. The van der Waals surface area contributed by atoms with Crippen molar-refractivity contribution in [3.63, 3.8) is 0 Å². The fraction of sp³-hybridized carbons (Fsp3) is 0.818. The molecule has 1 aromatic rings. The molecule has 0 amide bonds. The van der Waals surface area contributed by atoms with Crippen LogP contribution in [0.15, 0.2) is 6.33 Å². The molecule has 1 aromatic heterocycles. The minimum Gasteiger partial charge on any atom is -0.383 e. The van der Waals surface area contributed by atoms with Crippen molar-refractivity contribution in [3.05, 3.63) is 12.2 Å². The van der Waals surface area contributed by atoms with Crippen LogP contribution in [0.4, 0.5) is 0 Å². The van der Waals surface area contributed by atoms with Crippen LogP contribution in [0, 0.1) is 5.92 Å². The van der Waals surface area contributed by atoms with E-state index in [1.165, 1.54) is 0 Å². The average Bonchev–Trinajstić information content (AvgIpc) is 2.62. The highest BCUT2D eigenvalue weighted by atomic mass is 16.5. The van der Waals surface area contributed by atoms with E-state index in [1.54, 1.807) is 13.4 Å². The molecule has 1 atom stereocenters. The Balaban J connectivity index is 2.44. The van der Waals surface area contributed by atoms with Crippen LogP contribution in [0.5, 0.6) is 0 Å². The van der Waals surface area contributed by atoms with Crippen LogP contribution in [-0.4, -0.2) is 34.5 Å². The van der Waals surface area contributed by atoms with Crippen molar-refractivity contribution >= 4 is 0 Å². The molecule has 1 unspecified atom stereocenters. The maximum absolute atomic E-state index is 5.06. The summed E-state index contributed by atoms with van der Waals surface area (Å²) in [5.74, 6) is 1.56. The van der Waals surface area contributed by atoms with Gasteiger partial charge in [-0.05, 0) is 12.8 Å². The van der Waals surface area contributed by atoms with Gasteiger partial charge in [0.1, 0.15) is 12.2 Å². The minimum absolute atomic E-state index is 0.328. The maximum Gasteiger partial charge on any atom is 0.140 e. The van der Waals surface area contributed by atoms with Crippen molar-refractivity contribution < 1.29 is 4.74 Å². The van der Waals surface area contributed by atoms with Gasteiger partial charge in [-0.25, -0.2) is 9.67 Å². The van der Waals surface area contributed by atoms with Gasteiger partial charge in [0.25, 0.3) is 0 Å². The molecule has 0 saturated heterocycles. The minimum atomic E-state index is 0.328. The standard InChI is InChI=1S/C11H22N4O/c1-9(2)6-15-11(13-8-14-15)5-12-10(3)7-16-4/h8-10,12H,5-7H2,1-4H3. The summed E-state index contributed by atoms with van der Waals surface area (Å²) in [6, 6.07) is 0.328. The summed E-state index contributed by atoms with van der Waals surface area (Å²) >= 11 is 0. The second kappa shape index (κ2) is 6.60. The SMILES string of the molecule is COCC(C)NCc1ncnn1CC(C)C. The molecule has 1 rings (SSSR count). The van der Waals surface area contributed by atoms with Crippen LogP contribution in [-0.2, 0) is 17.8 Å². The molecule has 16 heavy (non-hydrogen) atoms. The normalized spacial score (nSPS) is 13.3. The zero-order valence-electron chi connectivity index (χ0n) is 10.6. The Kier molecular flexibility index (Phi) is 5.42. The molecule has 0 saturated carbocycles. The van der Waals surface area contributed by atoms with Gasteiger partial charge in [0.05, 0.1) is 13.2 Å². The van der Waals surface area contributed by atoms with Gasteiger partial charge in [0.2, 0.25) is 0 Å². The Labute approximate surface area is 97.2 Å². The predicted molar refractivity (Wildman–Crippen MR) is 63.0 cm³/mol. The molecule has 0 aliphatic rings. The first kappa shape index (κ1) is 13.1. The van der Waals surface area contributed by atoms with Crippen molar-refractivity contribution in [3.8, 4) is 0 Å². The van der Waals surface area contributed by atoms with E-state index in [1.807, 2.05) is 4.68 Å². The number of hydrogen-bond acceptors (Lipinski definition) is 4. The second-order valence-electron chi connectivity index (χ2n) is 4.49. The highest BCUT2D eigenvalue weighted by molar-refractivity contribution is 4.84. The topological polar surface area (TPSA) is 52.0 Å². The molecule has 5 heteroatoms. The molecule has 0 radical (unpaired) electrons. The number of methoxy groups -OCH3 is 1. The first-order valence-electron chi connectivity index (χ1n) is 5.72. The van der Waals surface area contributed by atoms with Crippen molar-refractivity contribution in [2.24, 2.45) is 5.92 Å². The number of ether oxygens (including phenoxy) is 1. The Morgan fingerprint density at radius 1 is 1.44 bits per heavy atom. The third-order valence-corrected chi connectivity index (χ3v) is 2.26. The van der Waals surface area contributed by atoms with E-state index in [4.69, 9.17) is 4.74 Å². The number of nitrogens with zero attached hydrogens (tertiary/aromatic N) is 3.